The van der Waals surface area contributed by atoms with E-state index in [0.29, 0.717) is 41.4 Å². The van der Waals surface area contributed by atoms with E-state index in [0.717, 1.165) is 24.8 Å². The molecule has 4 bridgehead atoms. The Hall–Kier alpha value is -2.36. The molecule has 0 heterocycles. The van der Waals surface area contributed by atoms with E-state index in [-0.39, 0.29) is 11.2 Å². The predicted molar refractivity (Wildman–Crippen MR) is 106 cm³/mol. The molecule has 4 saturated carbocycles. The molecule has 3 nitrogen and oxygen atoms in total. The maximum atomic E-state index is 15.0. The zero-order valence-corrected chi connectivity index (χ0v) is 16.0. The van der Waals surface area contributed by atoms with Gasteiger partial charge in [-0.1, -0.05) is 35.5 Å². The molecule has 0 saturated heterocycles. The number of nitrogens with zero attached hydrogens (tertiary/aromatic N) is 1. The first-order valence-corrected chi connectivity index (χ1v) is 10.3. The largest absolute Gasteiger partial charge is 0.489 e. The Morgan fingerprint density at radius 2 is 1.64 bits per heavy atom. The molecule has 1 N–H and O–H groups in total. The summed E-state index contributed by atoms with van der Waals surface area (Å²) >= 11 is 0. The minimum absolute atomic E-state index is 0.156. The van der Waals surface area contributed by atoms with Crippen molar-refractivity contribution in [3.05, 3.63) is 65.5 Å². The zero-order valence-electron chi connectivity index (χ0n) is 16.0. The Morgan fingerprint density at radius 1 is 1.00 bits per heavy atom. The van der Waals surface area contributed by atoms with E-state index in [1.807, 2.05) is 30.3 Å². The van der Waals surface area contributed by atoms with Gasteiger partial charge in [-0.25, -0.2) is 4.39 Å². The highest BCUT2D eigenvalue weighted by Gasteiger charge is 2.54. The lowest BCUT2D eigenvalue weighted by molar-refractivity contribution is -0.0134. The van der Waals surface area contributed by atoms with E-state index in [9.17, 15) is 5.21 Å². The van der Waals surface area contributed by atoms with E-state index in [1.54, 1.807) is 12.1 Å². The standard InChI is InChI=1S/C24H26FNO2/c25-22-11-20(28-15-16-4-2-1-3-5-16)6-7-21(22)23(26-27)24-12-17-8-18(13-24)10-19(9-17)14-24/h1-7,11,17-19,27H,8-10,12-15H2. The number of ether oxygens (including phenoxy) is 1. The van der Waals surface area contributed by atoms with Crippen LogP contribution < -0.4 is 4.74 Å². The molecule has 2 aromatic rings. The first-order chi connectivity index (χ1) is 13.6. The molecule has 0 amide bonds. The molecule has 4 heteroatoms. The number of halogens is 1. The molecule has 0 aliphatic heterocycles. The van der Waals surface area contributed by atoms with E-state index in [1.165, 1.54) is 25.3 Å². The number of hydrogen-bond donors (Lipinski definition) is 1. The van der Waals surface area contributed by atoms with Crippen molar-refractivity contribution < 1.29 is 14.3 Å². The molecule has 4 fully saturated rings. The van der Waals surface area contributed by atoms with Crippen LogP contribution in [-0.4, -0.2) is 10.9 Å². The molecule has 0 unspecified atom stereocenters. The second kappa shape index (κ2) is 6.91. The fourth-order valence-corrected chi connectivity index (χ4v) is 6.36. The molecule has 2 aromatic carbocycles. The van der Waals surface area contributed by atoms with Gasteiger partial charge in [-0.2, -0.15) is 0 Å². The van der Waals surface area contributed by atoms with Crippen LogP contribution in [0.3, 0.4) is 0 Å². The van der Waals surface area contributed by atoms with Gasteiger partial charge < -0.3 is 9.94 Å². The molecule has 28 heavy (non-hydrogen) atoms. The van der Waals surface area contributed by atoms with Crippen molar-refractivity contribution >= 4 is 5.71 Å². The molecule has 146 valence electrons. The van der Waals surface area contributed by atoms with Crippen LogP contribution >= 0.6 is 0 Å². The third-order valence-electron chi connectivity index (χ3n) is 7.08. The molecular formula is C24H26FNO2. The average Bonchev–Trinajstić information content (AvgIpc) is 2.68. The number of oxime groups is 1. The van der Waals surface area contributed by atoms with Crippen LogP contribution in [0, 0.1) is 29.0 Å². The van der Waals surface area contributed by atoms with Gasteiger partial charge in [-0.15, -0.1) is 0 Å². The first-order valence-electron chi connectivity index (χ1n) is 10.3. The van der Waals surface area contributed by atoms with Crippen molar-refractivity contribution in [2.24, 2.45) is 28.3 Å². The molecule has 6 rings (SSSR count). The van der Waals surface area contributed by atoms with Crippen molar-refractivity contribution in [3.63, 3.8) is 0 Å². The summed E-state index contributed by atoms with van der Waals surface area (Å²) in [6, 6.07) is 14.8. The van der Waals surface area contributed by atoms with Crippen molar-refractivity contribution in [3.8, 4) is 5.75 Å². The summed E-state index contributed by atoms with van der Waals surface area (Å²) in [5.74, 6) is 2.25. The molecule has 4 aliphatic rings. The van der Waals surface area contributed by atoms with Gasteiger partial charge in [0.25, 0.3) is 0 Å². The van der Waals surface area contributed by atoms with Crippen LogP contribution in [0.1, 0.15) is 49.7 Å². The van der Waals surface area contributed by atoms with Crippen LogP contribution in [0.2, 0.25) is 0 Å². The highest BCUT2D eigenvalue weighted by atomic mass is 19.1. The van der Waals surface area contributed by atoms with Crippen LogP contribution in [-0.2, 0) is 6.61 Å². The van der Waals surface area contributed by atoms with Crippen LogP contribution in [0.15, 0.2) is 53.7 Å². The molecule has 0 atom stereocenters. The Kier molecular flexibility index (Phi) is 4.37. The van der Waals surface area contributed by atoms with E-state index in [2.05, 4.69) is 5.16 Å². The first kappa shape index (κ1) is 17.7. The van der Waals surface area contributed by atoms with Gasteiger partial charge in [0.15, 0.2) is 0 Å². The Balaban J connectivity index is 1.38. The highest BCUT2D eigenvalue weighted by Crippen LogP contribution is 2.61. The zero-order chi connectivity index (χ0) is 19.1. The summed E-state index contributed by atoms with van der Waals surface area (Å²) < 4.78 is 20.8. The van der Waals surface area contributed by atoms with E-state index in [4.69, 9.17) is 4.74 Å². The highest BCUT2D eigenvalue weighted by molar-refractivity contribution is 6.05. The molecule has 0 radical (unpaired) electrons. The van der Waals surface area contributed by atoms with E-state index < -0.39 is 0 Å². The summed E-state index contributed by atoms with van der Waals surface area (Å²) in [7, 11) is 0. The Labute approximate surface area is 165 Å². The van der Waals surface area contributed by atoms with Gasteiger partial charge >= 0.3 is 0 Å². The topological polar surface area (TPSA) is 41.8 Å². The van der Waals surface area contributed by atoms with Gasteiger partial charge in [0, 0.05) is 17.0 Å². The number of hydrogen-bond acceptors (Lipinski definition) is 3. The van der Waals surface area contributed by atoms with Crippen molar-refractivity contribution in [1.29, 1.82) is 0 Å². The van der Waals surface area contributed by atoms with Crippen molar-refractivity contribution in [2.75, 3.05) is 0 Å². The fourth-order valence-electron chi connectivity index (χ4n) is 6.36. The maximum absolute atomic E-state index is 15.0. The van der Waals surface area contributed by atoms with Gasteiger partial charge in [-0.3, -0.25) is 0 Å². The second-order valence-electron chi connectivity index (χ2n) is 9.06. The lowest BCUT2D eigenvalue weighted by atomic mass is 9.48. The number of benzene rings is 2. The quantitative estimate of drug-likeness (QED) is 0.405. The Morgan fingerprint density at radius 3 is 2.21 bits per heavy atom. The van der Waals surface area contributed by atoms with Gasteiger partial charge in [-0.05, 0) is 74.0 Å². The van der Waals surface area contributed by atoms with E-state index >= 15 is 4.39 Å². The minimum atomic E-state index is -0.367. The van der Waals surface area contributed by atoms with Crippen molar-refractivity contribution in [2.45, 2.75) is 45.1 Å². The summed E-state index contributed by atoms with van der Waals surface area (Å²) in [6.07, 6.45) is 6.99. The SMILES string of the molecule is ON=C(c1ccc(OCc2ccccc2)cc1F)C12CC3CC(CC(C3)C1)C2. The third kappa shape index (κ3) is 3.09. The Bertz CT molecular complexity index is 857. The molecule has 0 spiro atoms. The predicted octanol–water partition coefficient (Wildman–Crippen LogP) is 5.80. The summed E-state index contributed by atoms with van der Waals surface area (Å²) in [4.78, 5) is 0. The third-order valence-corrected chi connectivity index (χ3v) is 7.08. The maximum Gasteiger partial charge on any atom is 0.136 e. The van der Waals surface area contributed by atoms with Crippen LogP contribution in [0.4, 0.5) is 4.39 Å². The van der Waals surface area contributed by atoms with Gasteiger partial charge in [0.1, 0.15) is 18.2 Å². The molecular weight excluding hydrogens is 353 g/mol. The minimum Gasteiger partial charge on any atom is -0.489 e. The van der Waals surface area contributed by atoms with Crippen LogP contribution in [0.5, 0.6) is 5.75 Å². The average molecular weight is 379 g/mol. The number of rotatable bonds is 5. The smallest absolute Gasteiger partial charge is 0.136 e. The lowest BCUT2D eigenvalue weighted by Crippen LogP contribution is -2.50. The van der Waals surface area contributed by atoms with Crippen molar-refractivity contribution in [1.82, 2.24) is 0 Å². The second-order valence-corrected chi connectivity index (χ2v) is 9.06. The molecule has 0 aromatic heterocycles. The molecule has 4 aliphatic carbocycles. The van der Waals surface area contributed by atoms with Gasteiger partial charge in [0.2, 0.25) is 0 Å². The van der Waals surface area contributed by atoms with Crippen LogP contribution in [0.25, 0.3) is 0 Å². The summed E-state index contributed by atoms with van der Waals surface area (Å²) in [5.41, 5.74) is 1.87. The lowest BCUT2D eigenvalue weighted by Gasteiger charge is -2.56. The van der Waals surface area contributed by atoms with Gasteiger partial charge in [0.05, 0.1) is 5.71 Å². The summed E-state index contributed by atoms with van der Waals surface area (Å²) in [5, 5.41) is 13.5. The summed E-state index contributed by atoms with van der Waals surface area (Å²) in [6.45, 7) is 0.398. The fraction of sp³-hybridized carbons (Fsp3) is 0.458. The monoisotopic (exact) mass is 379 g/mol. The normalized spacial score (nSPS) is 31.2.